The maximum Gasteiger partial charge on any atom is 0.222 e. The highest BCUT2D eigenvalue weighted by Crippen LogP contribution is 2.45. The Hall–Kier alpha value is -0.570. The van der Waals surface area contributed by atoms with Crippen molar-refractivity contribution in [2.75, 3.05) is 27.2 Å². The quantitative estimate of drug-likeness (QED) is 0.798. The van der Waals surface area contributed by atoms with Crippen LogP contribution in [-0.4, -0.2) is 38.0 Å². The first-order chi connectivity index (χ1) is 8.11. The van der Waals surface area contributed by atoms with Gasteiger partial charge in [0.05, 0.1) is 0 Å². The van der Waals surface area contributed by atoms with E-state index in [9.17, 15) is 4.79 Å². The number of amides is 1. The number of nitrogens with zero attached hydrogens (tertiary/aromatic N) is 1. The number of rotatable bonds is 2. The number of hydrogen-bond donors (Lipinski definition) is 1. The van der Waals surface area contributed by atoms with Gasteiger partial charge in [-0.25, -0.2) is 0 Å². The monoisotopic (exact) mass is 238 g/mol. The molecular weight excluding hydrogens is 212 g/mol. The Morgan fingerprint density at radius 2 is 1.76 bits per heavy atom. The van der Waals surface area contributed by atoms with E-state index >= 15 is 0 Å². The van der Waals surface area contributed by atoms with E-state index in [-0.39, 0.29) is 0 Å². The van der Waals surface area contributed by atoms with Crippen molar-refractivity contribution in [2.24, 2.45) is 11.3 Å². The summed E-state index contributed by atoms with van der Waals surface area (Å²) in [7, 11) is 3.72. The predicted octanol–water partition coefficient (Wildman–Crippen LogP) is 2.02. The molecule has 2 rings (SSSR count). The van der Waals surface area contributed by atoms with Gasteiger partial charge in [-0.3, -0.25) is 4.79 Å². The fourth-order valence-corrected chi connectivity index (χ4v) is 3.38. The molecule has 98 valence electrons. The van der Waals surface area contributed by atoms with Crippen LogP contribution in [0.1, 0.15) is 44.9 Å². The van der Waals surface area contributed by atoms with Gasteiger partial charge in [-0.2, -0.15) is 0 Å². The smallest absolute Gasteiger partial charge is 0.222 e. The minimum Gasteiger partial charge on any atom is -0.349 e. The molecule has 0 bridgehead atoms. The zero-order valence-corrected chi connectivity index (χ0v) is 11.3. The van der Waals surface area contributed by atoms with Crippen LogP contribution in [-0.2, 0) is 4.79 Å². The molecule has 17 heavy (non-hydrogen) atoms. The molecule has 2 aliphatic rings. The lowest BCUT2D eigenvalue weighted by molar-refractivity contribution is -0.130. The van der Waals surface area contributed by atoms with Crippen LogP contribution in [0.4, 0.5) is 0 Å². The minimum atomic E-state index is 0.302. The van der Waals surface area contributed by atoms with Crippen molar-refractivity contribution in [1.82, 2.24) is 10.2 Å². The number of carbonyl (C=O) groups excluding carboxylic acids is 1. The van der Waals surface area contributed by atoms with Crippen LogP contribution < -0.4 is 5.32 Å². The molecule has 1 aliphatic carbocycles. The van der Waals surface area contributed by atoms with E-state index in [2.05, 4.69) is 5.32 Å². The Balaban J connectivity index is 1.79. The summed E-state index contributed by atoms with van der Waals surface area (Å²) in [4.78, 5) is 13.4. The van der Waals surface area contributed by atoms with Crippen molar-refractivity contribution in [3.8, 4) is 0 Å². The fourth-order valence-electron chi connectivity index (χ4n) is 3.38. The molecule has 0 aromatic carbocycles. The van der Waals surface area contributed by atoms with Crippen LogP contribution in [0, 0.1) is 11.3 Å². The Kier molecular flexibility index (Phi) is 4.08. The number of hydrogen-bond acceptors (Lipinski definition) is 2. The highest BCUT2D eigenvalue weighted by molar-refractivity contribution is 5.75. The molecule has 0 atom stereocenters. The van der Waals surface area contributed by atoms with Crippen molar-refractivity contribution < 1.29 is 4.79 Å². The topological polar surface area (TPSA) is 32.3 Å². The second-order valence-corrected chi connectivity index (χ2v) is 6.19. The largest absolute Gasteiger partial charge is 0.349 e. The zero-order chi connectivity index (χ0) is 12.3. The molecule has 1 N–H and O–H groups in total. The summed E-state index contributed by atoms with van der Waals surface area (Å²) in [6.45, 7) is 2.39. The van der Waals surface area contributed by atoms with Gasteiger partial charge in [0.25, 0.3) is 0 Å². The highest BCUT2D eigenvalue weighted by atomic mass is 16.2. The van der Waals surface area contributed by atoms with E-state index in [1.165, 1.54) is 51.6 Å². The minimum absolute atomic E-state index is 0.302. The van der Waals surface area contributed by atoms with E-state index in [0.29, 0.717) is 17.2 Å². The molecule has 1 heterocycles. The number of piperidine rings is 1. The summed E-state index contributed by atoms with van der Waals surface area (Å²) < 4.78 is 0. The van der Waals surface area contributed by atoms with Crippen molar-refractivity contribution in [1.29, 1.82) is 0 Å². The number of nitrogens with one attached hydrogen (secondary N) is 1. The van der Waals surface area contributed by atoms with Gasteiger partial charge >= 0.3 is 0 Å². The van der Waals surface area contributed by atoms with Crippen molar-refractivity contribution >= 4 is 5.91 Å². The number of carbonyl (C=O) groups is 1. The SMILES string of the molecule is CN(C)C(=O)CC1CCC2(CCNCC2)CC1. The highest BCUT2D eigenvalue weighted by Gasteiger charge is 2.36. The van der Waals surface area contributed by atoms with Gasteiger partial charge in [0.2, 0.25) is 5.91 Å². The molecule has 1 amide bonds. The lowest BCUT2D eigenvalue weighted by atomic mass is 9.65. The van der Waals surface area contributed by atoms with Crippen molar-refractivity contribution in [3.05, 3.63) is 0 Å². The first-order valence-corrected chi connectivity index (χ1v) is 7.02. The Morgan fingerprint density at radius 3 is 2.29 bits per heavy atom. The average molecular weight is 238 g/mol. The molecule has 1 saturated carbocycles. The van der Waals surface area contributed by atoms with Crippen LogP contribution in [0.15, 0.2) is 0 Å². The molecule has 0 aromatic rings. The average Bonchev–Trinajstić information content (AvgIpc) is 2.33. The molecule has 2 fully saturated rings. The third-order valence-electron chi connectivity index (χ3n) is 4.79. The molecule has 0 unspecified atom stereocenters. The summed E-state index contributed by atoms with van der Waals surface area (Å²) in [6, 6.07) is 0. The summed E-state index contributed by atoms with van der Waals surface area (Å²) in [6.07, 6.45) is 8.68. The van der Waals surface area contributed by atoms with E-state index in [1.807, 2.05) is 14.1 Å². The van der Waals surface area contributed by atoms with Crippen LogP contribution >= 0.6 is 0 Å². The summed E-state index contributed by atoms with van der Waals surface area (Å²) in [5.74, 6) is 0.946. The Bertz CT molecular complexity index is 259. The lowest BCUT2D eigenvalue weighted by Crippen LogP contribution is -2.39. The molecule has 1 aliphatic heterocycles. The maximum atomic E-state index is 11.7. The molecular formula is C14H26N2O. The van der Waals surface area contributed by atoms with E-state index in [0.717, 1.165) is 6.42 Å². The third kappa shape index (κ3) is 3.21. The molecule has 1 spiro atoms. The molecule has 3 nitrogen and oxygen atoms in total. The van der Waals surface area contributed by atoms with Crippen LogP contribution in [0.25, 0.3) is 0 Å². The zero-order valence-electron chi connectivity index (χ0n) is 11.3. The van der Waals surface area contributed by atoms with Crippen molar-refractivity contribution in [3.63, 3.8) is 0 Å². The second-order valence-electron chi connectivity index (χ2n) is 6.19. The van der Waals surface area contributed by atoms with Gasteiger partial charge in [0, 0.05) is 20.5 Å². The second kappa shape index (κ2) is 5.38. The Morgan fingerprint density at radius 1 is 1.18 bits per heavy atom. The first kappa shape index (κ1) is 12.9. The van der Waals surface area contributed by atoms with Gasteiger partial charge in [0.15, 0.2) is 0 Å². The van der Waals surface area contributed by atoms with Gasteiger partial charge in [-0.15, -0.1) is 0 Å². The summed E-state index contributed by atoms with van der Waals surface area (Å²) in [5, 5.41) is 3.45. The summed E-state index contributed by atoms with van der Waals surface area (Å²) in [5.41, 5.74) is 0.628. The fraction of sp³-hybridized carbons (Fsp3) is 0.929. The van der Waals surface area contributed by atoms with Crippen LogP contribution in [0.2, 0.25) is 0 Å². The third-order valence-corrected chi connectivity index (χ3v) is 4.79. The first-order valence-electron chi connectivity index (χ1n) is 7.02. The lowest BCUT2D eigenvalue weighted by Gasteiger charge is -2.43. The molecule has 0 radical (unpaired) electrons. The van der Waals surface area contributed by atoms with E-state index < -0.39 is 0 Å². The molecule has 1 saturated heterocycles. The standard InChI is InChI=1S/C14H26N2O/c1-16(2)13(17)11-12-3-5-14(6-4-12)7-9-15-10-8-14/h12,15H,3-11H2,1-2H3. The predicted molar refractivity (Wildman–Crippen MR) is 69.8 cm³/mol. The maximum absolute atomic E-state index is 11.7. The normalized spacial score (nSPS) is 24.8. The van der Waals surface area contributed by atoms with Gasteiger partial charge in [-0.1, -0.05) is 0 Å². The van der Waals surface area contributed by atoms with Gasteiger partial charge in [0.1, 0.15) is 0 Å². The van der Waals surface area contributed by atoms with Crippen molar-refractivity contribution in [2.45, 2.75) is 44.9 Å². The van der Waals surface area contributed by atoms with E-state index in [4.69, 9.17) is 0 Å². The summed E-state index contributed by atoms with van der Waals surface area (Å²) >= 11 is 0. The van der Waals surface area contributed by atoms with Crippen LogP contribution in [0.5, 0.6) is 0 Å². The van der Waals surface area contributed by atoms with E-state index in [1.54, 1.807) is 4.90 Å². The molecule has 3 heteroatoms. The van der Waals surface area contributed by atoms with Crippen LogP contribution in [0.3, 0.4) is 0 Å². The Labute approximate surface area is 105 Å². The molecule has 0 aromatic heterocycles. The van der Waals surface area contributed by atoms with Gasteiger partial charge < -0.3 is 10.2 Å². The van der Waals surface area contributed by atoms with Gasteiger partial charge in [-0.05, 0) is 62.9 Å².